The maximum Gasteiger partial charge on any atom is 0.201 e. The zero-order valence-electron chi connectivity index (χ0n) is 15.2. The molecule has 0 radical (unpaired) electrons. The minimum Gasteiger partial charge on any atom is -0.490 e. The van der Waals surface area contributed by atoms with Crippen LogP contribution in [0.2, 0.25) is 0 Å². The molecule has 0 aliphatic rings. The predicted octanol–water partition coefficient (Wildman–Crippen LogP) is 7.20. The van der Waals surface area contributed by atoms with Gasteiger partial charge in [-0.3, -0.25) is 0 Å². The van der Waals surface area contributed by atoms with Gasteiger partial charge in [0.15, 0.2) is 11.6 Å². The molecule has 0 aliphatic heterocycles. The van der Waals surface area contributed by atoms with Crippen molar-refractivity contribution in [1.29, 1.82) is 0 Å². The summed E-state index contributed by atoms with van der Waals surface area (Å²) < 4.78 is 33.3. The van der Waals surface area contributed by atoms with Crippen LogP contribution in [0, 0.1) is 11.6 Å². The number of allylic oxidation sites excluding steroid dienone is 1. The molecule has 0 unspecified atom stereocenters. The zero-order valence-corrected chi connectivity index (χ0v) is 15.2. The van der Waals surface area contributed by atoms with Gasteiger partial charge in [-0.05, 0) is 31.0 Å². The molecular weight excluding hydrogens is 318 g/mol. The first-order chi connectivity index (χ1) is 12.2. The lowest BCUT2D eigenvalue weighted by Gasteiger charge is -2.10. The summed E-state index contributed by atoms with van der Waals surface area (Å²) in [6.45, 7) is 13.7. The van der Waals surface area contributed by atoms with Gasteiger partial charge in [-0.25, -0.2) is 4.39 Å². The lowest BCUT2D eigenvalue weighted by atomic mass is 10.0. The number of rotatable bonds is 6. The van der Waals surface area contributed by atoms with E-state index in [0.29, 0.717) is 12.2 Å². The van der Waals surface area contributed by atoms with E-state index in [0.717, 1.165) is 19.3 Å². The molecular formula is C22H28F2O. The van der Waals surface area contributed by atoms with Crippen molar-refractivity contribution >= 4 is 0 Å². The molecule has 2 aromatic rings. The molecule has 0 heterocycles. The van der Waals surface area contributed by atoms with E-state index >= 15 is 0 Å². The van der Waals surface area contributed by atoms with Gasteiger partial charge in [-0.15, -0.1) is 19.7 Å². The summed E-state index contributed by atoms with van der Waals surface area (Å²) in [7, 11) is 0. The molecule has 2 rings (SSSR count). The summed E-state index contributed by atoms with van der Waals surface area (Å²) in [4.78, 5) is 0. The smallest absolute Gasteiger partial charge is 0.201 e. The van der Waals surface area contributed by atoms with Crippen LogP contribution in [0.4, 0.5) is 8.78 Å². The molecule has 0 spiro atoms. The van der Waals surface area contributed by atoms with Gasteiger partial charge in [0.2, 0.25) is 5.82 Å². The molecule has 0 aromatic heterocycles. The molecule has 0 saturated heterocycles. The summed E-state index contributed by atoms with van der Waals surface area (Å²) in [6.07, 6.45) is 4.68. The second-order valence-corrected chi connectivity index (χ2v) is 5.07. The number of benzene rings is 2. The molecule has 0 atom stereocenters. The fourth-order valence-electron chi connectivity index (χ4n) is 2.02. The number of hydrogen-bond acceptors (Lipinski definition) is 1. The molecule has 25 heavy (non-hydrogen) atoms. The Bertz CT molecular complexity index is 609. The Morgan fingerprint density at radius 3 is 2.12 bits per heavy atom. The molecule has 2 aromatic carbocycles. The minimum atomic E-state index is -0.914. The van der Waals surface area contributed by atoms with E-state index in [1.807, 2.05) is 13.0 Å². The van der Waals surface area contributed by atoms with Gasteiger partial charge in [0, 0.05) is 5.56 Å². The van der Waals surface area contributed by atoms with Crippen LogP contribution in [0.5, 0.6) is 5.75 Å². The van der Waals surface area contributed by atoms with Crippen molar-refractivity contribution in [3.63, 3.8) is 0 Å². The monoisotopic (exact) mass is 346 g/mol. The SMILES string of the molecule is C=C.C=CC.CCCCCOc1ccc(-c2ccccc2)c(F)c1F. The average molecular weight is 346 g/mol. The second kappa shape index (κ2) is 14.0. The normalized spacial score (nSPS) is 9.12. The van der Waals surface area contributed by atoms with Crippen molar-refractivity contribution in [1.82, 2.24) is 0 Å². The molecule has 0 saturated carbocycles. The Morgan fingerprint density at radius 2 is 1.56 bits per heavy atom. The summed E-state index contributed by atoms with van der Waals surface area (Å²) >= 11 is 0. The zero-order chi connectivity index (χ0) is 19.1. The van der Waals surface area contributed by atoms with Crippen LogP contribution in [-0.4, -0.2) is 6.61 Å². The molecule has 0 N–H and O–H groups in total. The topological polar surface area (TPSA) is 9.23 Å². The van der Waals surface area contributed by atoms with Crippen molar-refractivity contribution < 1.29 is 13.5 Å². The highest BCUT2D eigenvalue weighted by atomic mass is 19.2. The largest absolute Gasteiger partial charge is 0.490 e. The van der Waals surface area contributed by atoms with Crippen LogP contribution >= 0.6 is 0 Å². The Morgan fingerprint density at radius 1 is 0.960 bits per heavy atom. The first-order valence-electron chi connectivity index (χ1n) is 8.38. The highest BCUT2D eigenvalue weighted by Gasteiger charge is 2.15. The summed E-state index contributed by atoms with van der Waals surface area (Å²) in [5.41, 5.74) is 0.908. The number of unbranched alkanes of at least 4 members (excludes halogenated alkanes) is 2. The van der Waals surface area contributed by atoms with E-state index < -0.39 is 11.6 Å². The van der Waals surface area contributed by atoms with Crippen molar-refractivity contribution in [3.05, 3.63) is 79.9 Å². The Labute approximate surface area is 150 Å². The Kier molecular flexibility index (Phi) is 12.6. The van der Waals surface area contributed by atoms with Crippen LogP contribution < -0.4 is 4.74 Å². The maximum atomic E-state index is 14.1. The van der Waals surface area contributed by atoms with Crippen LogP contribution in [0.25, 0.3) is 11.1 Å². The predicted molar refractivity (Wildman–Crippen MR) is 104 cm³/mol. The van der Waals surface area contributed by atoms with Gasteiger partial charge in [0.1, 0.15) is 0 Å². The first-order valence-corrected chi connectivity index (χ1v) is 8.38. The van der Waals surface area contributed by atoms with Gasteiger partial charge in [-0.2, -0.15) is 4.39 Å². The van der Waals surface area contributed by atoms with Crippen LogP contribution in [0.15, 0.2) is 68.3 Å². The van der Waals surface area contributed by atoms with Gasteiger partial charge >= 0.3 is 0 Å². The van der Waals surface area contributed by atoms with Crippen molar-refractivity contribution in [3.8, 4) is 16.9 Å². The molecule has 3 heteroatoms. The highest BCUT2D eigenvalue weighted by Crippen LogP contribution is 2.29. The fourth-order valence-corrected chi connectivity index (χ4v) is 2.02. The third-order valence-electron chi connectivity index (χ3n) is 3.14. The second-order valence-electron chi connectivity index (χ2n) is 5.07. The standard InChI is InChI=1S/C17H18F2O.C3H6.C2H4/c1-2-3-7-12-20-15-11-10-14(16(18)17(15)19)13-8-5-4-6-9-13;1-3-2;1-2/h4-6,8-11H,2-3,7,12H2,1H3;3H,1H2,2H3;1-2H2. The van der Waals surface area contributed by atoms with Crippen LogP contribution in [-0.2, 0) is 0 Å². The van der Waals surface area contributed by atoms with E-state index in [4.69, 9.17) is 4.74 Å². The van der Waals surface area contributed by atoms with E-state index in [9.17, 15) is 8.78 Å². The summed E-state index contributed by atoms with van der Waals surface area (Å²) in [5, 5.41) is 0. The van der Waals surface area contributed by atoms with Gasteiger partial charge in [0.25, 0.3) is 0 Å². The molecule has 0 amide bonds. The molecule has 136 valence electrons. The summed E-state index contributed by atoms with van der Waals surface area (Å²) in [6, 6.07) is 12.0. The van der Waals surface area contributed by atoms with E-state index in [1.54, 1.807) is 36.4 Å². The van der Waals surface area contributed by atoms with Crippen LogP contribution in [0.3, 0.4) is 0 Å². The van der Waals surface area contributed by atoms with Gasteiger partial charge in [-0.1, -0.05) is 56.2 Å². The molecule has 1 nitrogen and oxygen atoms in total. The molecule has 0 aliphatic carbocycles. The number of halogens is 2. The Balaban J connectivity index is 0.00000104. The van der Waals surface area contributed by atoms with Gasteiger partial charge in [0.05, 0.1) is 6.61 Å². The minimum absolute atomic E-state index is 0.0155. The third-order valence-corrected chi connectivity index (χ3v) is 3.14. The fraction of sp³-hybridized carbons (Fsp3) is 0.273. The van der Waals surface area contributed by atoms with Gasteiger partial charge < -0.3 is 4.74 Å². The van der Waals surface area contributed by atoms with Crippen molar-refractivity contribution in [2.75, 3.05) is 6.61 Å². The van der Waals surface area contributed by atoms with E-state index in [2.05, 4.69) is 26.7 Å². The highest BCUT2D eigenvalue weighted by molar-refractivity contribution is 5.65. The molecule has 0 bridgehead atoms. The third kappa shape index (κ3) is 7.79. The number of hydrogen-bond donors (Lipinski definition) is 0. The van der Waals surface area contributed by atoms with E-state index in [1.165, 1.54) is 6.07 Å². The van der Waals surface area contributed by atoms with Crippen molar-refractivity contribution in [2.45, 2.75) is 33.1 Å². The average Bonchev–Trinajstić information content (AvgIpc) is 2.65. The van der Waals surface area contributed by atoms with Crippen molar-refractivity contribution in [2.24, 2.45) is 0 Å². The Hall–Kier alpha value is -2.42. The maximum absolute atomic E-state index is 14.1. The van der Waals surface area contributed by atoms with E-state index in [-0.39, 0.29) is 11.3 Å². The van der Waals surface area contributed by atoms with Crippen LogP contribution in [0.1, 0.15) is 33.1 Å². The summed E-state index contributed by atoms with van der Waals surface area (Å²) in [5.74, 6) is -1.79. The lowest BCUT2D eigenvalue weighted by molar-refractivity contribution is 0.286. The number of ether oxygens (including phenoxy) is 1. The quantitative estimate of drug-likeness (QED) is 0.397. The lowest BCUT2D eigenvalue weighted by Crippen LogP contribution is -2.01. The first kappa shape index (κ1) is 22.6. The molecule has 0 fully saturated rings.